The number of fused-ring (bicyclic) bond motifs is 2. The van der Waals surface area contributed by atoms with Crippen molar-refractivity contribution in [3.05, 3.63) is 24.8 Å². The van der Waals surface area contributed by atoms with E-state index < -0.39 is 0 Å². The van der Waals surface area contributed by atoms with Crippen molar-refractivity contribution in [2.24, 2.45) is 17.8 Å². The van der Waals surface area contributed by atoms with E-state index in [1.54, 1.807) is 0 Å². The van der Waals surface area contributed by atoms with Crippen LogP contribution in [0.5, 0.6) is 0 Å². The summed E-state index contributed by atoms with van der Waals surface area (Å²) < 4.78 is 0. The van der Waals surface area contributed by atoms with Crippen LogP contribution in [0.1, 0.15) is 12.8 Å². The van der Waals surface area contributed by atoms with Gasteiger partial charge in [-0.2, -0.15) is 0 Å². The van der Waals surface area contributed by atoms with Crippen LogP contribution in [0.3, 0.4) is 0 Å². The van der Waals surface area contributed by atoms with E-state index in [1.807, 2.05) is 0 Å². The molecule has 1 fully saturated rings. The largest absolute Gasteiger partial charge is 0.103 e. The van der Waals surface area contributed by atoms with E-state index in [0.717, 1.165) is 17.8 Å². The van der Waals surface area contributed by atoms with Crippen molar-refractivity contribution in [1.82, 2.24) is 0 Å². The molecule has 2 rings (SSSR count). The van der Waals surface area contributed by atoms with Gasteiger partial charge in [0.2, 0.25) is 0 Å². The molecule has 2 bridgehead atoms. The van der Waals surface area contributed by atoms with Gasteiger partial charge in [-0.1, -0.05) is 18.2 Å². The van der Waals surface area contributed by atoms with Gasteiger partial charge in [0.05, 0.1) is 0 Å². The van der Waals surface area contributed by atoms with Gasteiger partial charge in [-0.25, -0.2) is 0 Å². The Labute approximate surface area is 56.3 Å². The summed E-state index contributed by atoms with van der Waals surface area (Å²) in [5.41, 5.74) is 0. The highest BCUT2D eigenvalue weighted by Crippen LogP contribution is 2.43. The molecule has 0 amide bonds. The van der Waals surface area contributed by atoms with Crippen molar-refractivity contribution >= 4 is 0 Å². The van der Waals surface area contributed by atoms with Crippen LogP contribution in [0.2, 0.25) is 0 Å². The molecular weight excluding hydrogens is 108 g/mol. The van der Waals surface area contributed by atoms with Crippen LogP contribution >= 0.6 is 0 Å². The zero-order valence-corrected chi connectivity index (χ0v) is 5.59. The van der Waals surface area contributed by atoms with E-state index in [4.69, 9.17) is 0 Å². The standard InChI is InChI=1S/C9H12/c1-2-8-5-7-3-4-9(8)6-7/h2-4,7-9H,1,5-6H2/t7-,8-,9-/m0/s1. The van der Waals surface area contributed by atoms with Gasteiger partial charge >= 0.3 is 0 Å². The summed E-state index contributed by atoms with van der Waals surface area (Å²) in [5.74, 6) is 2.56. The van der Waals surface area contributed by atoms with Gasteiger partial charge in [0.1, 0.15) is 0 Å². The molecule has 0 nitrogen and oxygen atoms in total. The molecule has 0 heteroatoms. The Kier molecular flexibility index (Phi) is 1.01. The maximum atomic E-state index is 3.83. The smallest absolute Gasteiger partial charge is 0.0165 e. The molecule has 9 heavy (non-hydrogen) atoms. The fourth-order valence-corrected chi connectivity index (χ4v) is 2.09. The van der Waals surface area contributed by atoms with E-state index >= 15 is 0 Å². The van der Waals surface area contributed by atoms with E-state index in [9.17, 15) is 0 Å². The Balaban J connectivity index is 2.19. The predicted octanol–water partition coefficient (Wildman–Crippen LogP) is 2.38. The minimum Gasteiger partial charge on any atom is -0.103 e. The Morgan fingerprint density at radius 2 is 2.22 bits per heavy atom. The number of allylic oxidation sites excluding steroid dienone is 3. The summed E-state index contributed by atoms with van der Waals surface area (Å²) in [7, 11) is 0. The van der Waals surface area contributed by atoms with Crippen molar-refractivity contribution in [2.45, 2.75) is 12.8 Å². The summed E-state index contributed by atoms with van der Waals surface area (Å²) >= 11 is 0. The first-order valence-electron chi connectivity index (χ1n) is 3.71. The first-order chi connectivity index (χ1) is 4.40. The second-order valence-electron chi connectivity index (χ2n) is 3.18. The third-order valence-electron chi connectivity index (χ3n) is 2.63. The van der Waals surface area contributed by atoms with Crippen molar-refractivity contribution in [3.8, 4) is 0 Å². The molecule has 1 saturated carbocycles. The second-order valence-corrected chi connectivity index (χ2v) is 3.18. The van der Waals surface area contributed by atoms with Gasteiger partial charge in [-0.3, -0.25) is 0 Å². The minimum atomic E-state index is 0.806. The van der Waals surface area contributed by atoms with E-state index in [2.05, 4.69) is 24.8 Å². The molecule has 0 radical (unpaired) electrons. The van der Waals surface area contributed by atoms with E-state index in [0.29, 0.717) is 0 Å². The molecule has 0 heterocycles. The lowest BCUT2D eigenvalue weighted by Gasteiger charge is -2.11. The summed E-state index contributed by atoms with van der Waals surface area (Å²) in [4.78, 5) is 0. The lowest BCUT2D eigenvalue weighted by Crippen LogP contribution is -2.01. The molecule has 0 spiro atoms. The molecule has 0 aromatic rings. The molecule has 0 unspecified atom stereocenters. The first-order valence-corrected chi connectivity index (χ1v) is 3.71. The topological polar surface area (TPSA) is 0 Å². The highest BCUT2D eigenvalue weighted by Gasteiger charge is 2.33. The molecule has 0 aromatic carbocycles. The summed E-state index contributed by atoms with van der Waals surface area (Å²) in [6, 6.07) is 0. The maximum absolute atomic E-state index is 3.83. The Hall–Kier alpha value is -0.520. The Morgan fingerprint density at radius 3 is 2.56 bits per heavy atom. The van der Waals surface area contributed by atoms with Crippen LogP contribution in [0.25, 0.3) is 0 Å². The lowest BCUT2D eigenvalue weighted by atomic mass is 9.94. The molecule has 3 atom stereocenters. The SMILES string of the molecule is C=C[C@H]1C[C@@H]2C=C[C@H]1C2. The van der Waals surface area contributed by atoms with Crippen LogP contribution in [0.15, 0.2) is 24.8 Å². The van der Waals surface area contributed by atoms with Gasteiger partial charge in [-0.05, 0) is 30.6 Å². The third kappa shape index (κ3) is 0.658. The van der Waals surface area contributed by atoms with Gasteiger partial charge in [0, 0.05) is 0 Å². The molecule has 0 aromatic heterocycles. The zero-order valence-electron chi connectivity index (χ0n) is 5.59. The molecular formula is C9H12. The van der Waals surface area contributed by atoms with E-state index in [1.165, 1.54) is 12.8 Å². The quantitative estimate of drug-likeness (QED) is 0.466. The average molecular weight is 120 g/mol. The Morgan fingerprint density at radius 1 is 1.33 bits per heavy atom. The molecule has 2 aliphatic carbocycles. The number of rotatable bonds is 1. The van der Waals surface area contributed by atoms with Crippen LogP contribution in [-0.4, -0.2) is 0 Å². The van der Waals surface area contributed by atoms with Crippen molar-refractivity contribution in [2.75, 3.05) is 0 Å². The van der Waals surface area contributed by atoms with E-state index in [-0.39, 0.29) is 0 Å². The summed E-state index contributed by atoms with van der Waals surface area (Å²) in [6.07, 6.45) is 9.61. The van der Waals surface area contributed by atoms with Crippen molar-refractivity contribution in [1.29, 1.82) is 0 Å². The molecule has 0 saturated heterocycles. The van der Waals surface area contributed by atoms with Gasteiger partial charge in [-0.15, -0.1) is 6.58 Å². The lowest BCUT2D eigenvalue weighted by molar-refractivity contribution is 0.551. The molecule has 0 N–H and O–H groups in total. The predicted molar refractivity (Wildman–Crippen MR) is 39.0 cm³/mol. The average Bonchev–Trinajstić information content (AvgIpc) is 2.45. The second kappa shape index (κ2) is 1.73. The molecule has 48 valence electrons. The van der Waals surface area contributed by atoms with Crippen LogP contribution in [0.4, 0.5) is 0 Å². The van der Waals surface area contributed by atoms with Gasteiger partial charge in [0.25, 0.3) is 0 Å². The van der Waals surface area contributed by atoms with Crippen LogP contribution < -0.4 is 0 Å². The van der Waals surface area contributed by atoms with Gasteiger partial charge in [0.15, 0.2) is 0 Å². The molecule has 2 aliphatic rings. The first kappa shape index (κ1) is 5.28. The van der Waals surface area contributed by atoms with Crippen molar-refractivity contribution < 1.29 is 0 Å². The highest BCUT2D eigenvalue weighted by atomic mass is 14.4. The van der Waals surface area contributed by atoms with Crippen LogP contribution in [0, 0.1) is 17.8 Å². The Bertz CT molecular complexity index is 155. The number of hydrogen-bond acceptors (Lipinski definition) is 0. The monoisotopic (exact) mass is 120 g/mol. The minimum absolute atomic E-state index is 0.806. The fraction of sp³-hybridized carbons (Fsp3) is 0.556. The molecule has 0 aliphatic heterocycles. The fourth-order valence-electron chi connectivity index (χ4n) is 2.09. The third-order valence-corrected chi connectivity index (χ3v) is 2.63. The number of hydrogen-bond donors (Lipinski definition) is 0. The highest BCUT2D eigenvalue weighted by molar-refractivity contribution is 5.13. The van der Waals surface area contributed by atoms with Crippen molar-refractivity contribution in [3.63, 3.8) is 0 Å². The normalized spacial score (nSPS) is 46.0. The van der Waals surface area contributed by atoms with Gasteiger partial charge < -0.3 is 0 Å². The zero-order chi connectivity index (χ0) is 6.27. The summed E-state index contributed by atoms with van der Waals surface area (Å²) in [6.45, 7) is 3.83. The van der Waals surface area contributed by atoms with Crippen LogP contribution in [-0.2, 0) is 0 Å². The maximum Gasteiger partial charge on any atom is -0.0165 e. The summed E-state index contributed by atoms with van der Waals surface area (Å²) in [5, 5.41) is 0.